The van der Waals surface area contributed by atoms with Gasteiger partial charge in [0.25, 0.3) is 0 Å². The van der Waals surface area contributed by atoms with Gasteiger partial charge in [-0.2, -0.15) is 0 Å². The molecule has 6 nitrogen and oxygen atoms in total. The summed E-state index contributed by atoms with van der Waals surface area (Å²) in [6, 6.07) is 24.1. The van der Waals surface area contributed by atoms with E-state index in [1.54, 1.807) is 18.2 Å². The zero-order valence-corrected chi connectivity index (χ0v) is 18.1. The maximum Gasteiger partial charge on any atom is 0.328 e. The highest BCUT2D eigenvalue weighted by Gasteiger charge is 2.22. The van der Waals surface area contributed by atoms with Gasteiger partial charge in [-0.15, -0.1) is 11.8 Å². The molecular weight excluding hydrogens is 424 g/mol. The summed E-state index contributed by atoms with van der Waals surface area (Å²) in [5.74, 6) is -1.91. The zero-order chi connectivity index (χ0) is 22.9. The Morgan fingerprint density at radius 1 is 0.844 bits per heavy atom. The molecule has 3 aromatic carbocycles. The molecule has 0 saturated carbocycles. The summed E-state index contributed by atoms with van der Waals surface area (Å²) in [7, 11) is 0. The number of hydrogen-bond acceptors (Lipinski definition) is 4. The molecule has 7 heteroatoms. The lowest BCUT2D eigenvalue weighted by Crippen LogP contribution is -2.19. The smallest absolute Gasteiger partial charge is 0.328 e. The van der Waals surface area contributed by atoms with E-state index < -0.39 is 17.1 Å². The van der Waals surface area contributed by atoms with Gasteiger partial charge in [0, 0.05) is 28.4 Å². The molecular formula is C25H22N2O4S. The lowest BCUT2D eigenvalue weighted by molar-refractivity contribution is -0.131. The minimum Gasteiger partial charge on any atom is -0.478 e. The first-order valence-corrected chi connectivity index (χ1v) is 10.7. The number of hydrogen-bond donors (Lipinski definition) is 3. The Balaban J connectivity index is 1.79. The highest BCUT2D eigenvalue weighted by molar-refractivity contribution is 8.00. The van der Waals surface area contributed by atoms with Gasteiger partial charge in [-0.05, 0) is 42.8 Å². The van der Waals surface area contributed by atoms with Gasteiger partial charge in [0.15, 0.2) is 0 Å². The van der Waals surface area contributed by atoms with Crippen molar-refractivity contribution in [2.45, 2.75) is 17.1 Å². The molecule has 0 saturated heterocycles. The van der Waals surface area contributed by atoms with Gasteiger partial charge in [-0.1, -0.05) is 54.1 Å². The number of aliphatic carboxylic acids is 1. The van der Waals surface area contributed by atoms with Crippen LogP contribution >= 0.6 is 11.8 Å². The van der Waals surface area contributed by atoms with Crippen molar-refractivity contribution in [1.29, 1.82) is 0 Å². The molecule has 0 heterocycles. The molecule has 3 rings (SSSR count). The van der Waals surface area contributed by atoms with E-state index in [2.05, 4.69) is 10.6 Å². The highest BCUT2D eigenvalue weighted by Crippen LogP contribution is 2.37. The maximum absolute atomic E-state index is 13.1. The number of anilines is 2. The summed E-state index contributed by atoms with van der Waals surface area (Å²) in [5.41, 5.74) is 3.17. The van der Waals surface area contributed by atoms with Gasteiger partial charge in [-0.3, -0.25) is 9.59 Å². The largest absolute Gasteiger partial charge is 0.478 e. The van der Waals surface area contributed by atoms with Gasteiger partial charge in [0.1, 0.15) is 5.25 Å². The predicted octanol–water partition coefficient (Wildman–Crippen LogP) is 5.05. The molecule has 0 spiro atoms. The number of aryl methyl sites for hydroxylation is 1. The first kappa shape index (κ1) is 22.8. The molecule has 3 aromatic rings. The first-order chi connectivity index (χ1) is 15.4. The van der Waals surface area contributed by atoms with Crippen LogP contribution in [0, 0.1) is 6.92 Å². The van der Waals surface area contributed by atoms with Crippen LogP contribution in [-0.4, -0.2) is 22.9 Å². The Labute approximate surface area is 190 Å². The van der Waals surface area contributed by atoms with Crippen molar-refractivity contribution in [3.63, 3.8) is 0 Å². The normalized spacial score (nSPS) is 11.7. The van der Waals surface area contributed by atoms with Gasteiger partial charge in [-0.25, -0.2) is 4.79 Å². The molecule has 0 aliphatic carbocycles. The Kier molecular flexibility index (Phi) is 7.83. The van der Waals surface area contributed by atoms with Gasteiger partial charge in [0.05, 0.1) is 0 Å². The maximum atomic E-state index is 13.1. The minimum atomic E-state index is -1.20. The topological polar surface area (TPSA) is 95.5 Å². The van der Waals surface area contributed by atoms with Crippen LogP contribution in [0.15, 0.2) is 95.9 Å². The third-order valence-electron chi connectivity index (χ3n) is 4.39. The van der Waals surface area contributed by atoms with Crippen LogP contribution in [0.3, 0.4) is 0 Å². The summed E-state index contributed by atoms with van der Waals surface area (Å²) >= 11 is 1.36. The molecule has 162 valence electrons. The van der Waals surface area contributed by atoms with Gasteiger partial charge < -0.3 is 15.7 Å². The SMILES string of the molecule is Cc1ccc(NC(=O)C(Sc2cccc(NC(=O)/C=C/C(=O)O)c2)c2ccccc2)cc1. The van der Waals surface area contributed by atoms with E-state index in [1.165, 1.54) is 11.8 Å². The number of nitrogens with one attached hydrogen (secondary N) is 2. The first-order valence-electron chi connectivity index (χ1n) is 9.82. The van der Waals surface area contributed by atoms with Crippen molar-refractivity contribution in [3.05, 3.63) is 102 Å². The molecule has 0 aliphatic rings. The third kappa shape index (κ3) is 6.85. The van der Waals surface area contributed by atoms with Crippen LogP contribution in [0.1, 0.15) is 16.4 Å². The van der Waals surface area contributed by atoms with E-state index in [0.29, 0.717) is 11.4 Å². The molecule has 32 heavy (non-hydrogen) atoms. The lowest BCUT2D eigenvalue weighted by Gasteiger charge is -2.18. The average molecular weight is 447 g/mol. The quantitative estimate of drug-likeness (QED) is 0.333. The Bertz CT molecular complexity index is 1130. The van der Waals surface area contributed by atoms with E-state index in [-0.39, 0.29) is 5.91 Å². The number of rotatable bonds is 8. The summed E-state index contributed by atoms with van der Waals surface area (Å²) < 4.78 is 0. The fraction of sp³-hybridized carbons (Fsp3) is 0.0800. The standard InChI is InChI=1S/C25H22N2O4S/c1-17-10-12-19(13-11-17)27-25(31)24(18-6-3-2-4-7-18)32-21-9-5-8-20(16-21)26-22(28)14-15-23(29)30/h2-16,24H,1H3,(H,26,28)(H,27,31)(H,29,30)/b15-14+. The summed E-state index contributed by atoms with van der Waals surface area (Å²) in [6.07, 6.45) is 1.72. The number of amides is 2. The molecule has 0 aromatic heterocycles. The second kappa shape index (κ2) is 11.0. The molecule has 0 radical (unpaired) electrons. The van der Waals surface area contributed by atoms with E-state index in [1.807, 2.05) is 67.6 Å². The minimum absolute atomic E-state index is 0.163. The third-order valence-corrected chi connectivity index (χ3v) is 5.64. The van der Waals surface area contributed by atoms with Crippen molar-refractivity contribution in [2.24, 2.45) is 0 Å². The Morgan fingerprint density at radius 2 is 1.56 bits per heavy atom. The number of carboxylic acids is 1. The second-order valence-electron chi connectivity index (χ2n) is 6.95. The predicted molar refractivity (Wildman–Crippen MR) is 127 cm³/mol. The second-order valence-corrected chi connectivity index (χ2v) is 8.13. The van der Waals surface area contributed by atoms with Crippen LogP contribution in [0.4, 0.5) is 11.4 Å². The van der Waals surface area contributed by atoms with Crippen molar-refractivity contribution in [1.82, 2.24) is 0 Å². The van der Waals surface area contributed by atoms with Crippen LogP contribution in [0.5, 0.6) is 0 Å². The number of thioether (sulfide) groups is 1. The van der Waals surface area contributed by atoms with E-state index >= 15 is 0 Å². The fourth-order valence-electron chi connectivity index (χ4n) is 2.86. The van der Waals surface area contributed by atoms with Crippen molar-refractivity contribution >= 4 is 40.9 Å². The Morgan fingerprint density at radius 3 is 2.25 bits per heavy atom. The highest BCUT2D eigenvalue weighted by atomic mass is 32.2. The summed E-state index contributed by atoms with van der Waals surface area (Å²) in [4.78, 5) is 36.4. The number of benzene rings is 3. The molecule has 0 bridgehead atoms. The molecule has 2 amide bonds. The molecule has 0 aliphatic heterocycles. The van der Waals surface area contributed by atoms with Crippen LogP contribution < -0.4 is 10.6 Å². The number of carbonyl (C=O) groups excluding carboxylic acids is 2. The van der Waals surface area contributed by atoms with E-state index in [0.717, 1.165) is 28.2 Å². The summed E-state index contributed by atoms with van der Waals surface area (Å²) in [5, 5.41) is 13.7. The van der Waals surface area contributed by atoms with E-state index in [9.17, 15) is 14.4 Å². The van der Waals surface area contributed by atoms with Crippen LogP contribution in [-0.2, 0) is 14.4 Å². The van der Waals surface area contributed by atoms with Crippen LogP contribution in [0.2, 0.25) is 0 Å². The molecule has 3 N–H and O–H groups in total. The Hall–Kier alpha value is -3.84. The molecule has 0 fully saturated rings. The van der Waals surface area contributed by atoms with Crippen molar-refractivity contribution in [3.8, 4) is 0 Å². The molecule has 1 unspecified atom stereocenters. The van der Waals surface area contributed by atoms with Crippen molar-refractivity contribution < 1.29 is 19.5 Å². The number of carbonyl (C=O) groups is 3. The fourth-order valence-corrected chi connectivity index (χ4v) is 3.94. The van der Waals surface area contributed by atoms with Crippen LogP contribution in [0.25, 0.3) is 0 Å². The summed E-state index contributed by atoms with van der Waals surface area (Å²) in [6.45, 7) is 1.98. The van der Waals surface area contributed by atoms with Gasteiger partial charge >= 0.3 is 5.97 Å². The number of carboxylic acid groups (broad SMARTS) is 1. The van der Waals surface area contributed by atoms with Gasteiger partial charge in [0.2, 0.25) is 11.8 Å². The van der Waals surface area contributed by atoms with Crippen molar-refractivity contribution in [2.75, 3.05) is 10.6 Å². The molecule has 1 atom stereocenters. The monoisotopic (exact) mass is 446 g/mol. The zero-order valence-electron chi connectivity index (χ0n) is 17.3. The van der Waals surface area contributed by atoms with E-state index in [4.69, 9.17) is 5.11 Å². The average Bonchev–Trinajstić information content (AvgIpc) is 2.78. The lowest BCUT2D eigenvalue weighted by atomic mass is 10.1.